The van der Waals surface area contributed by atoms with Crippen molar-refractivity contribution in [3.63, 3.8) is 0 Å². The van der Waals surface area contributed by atoms with Crippen LogP contribution >= 0.6 is 27.7 Å². The van der Waals surface area contributed by atoms with E-state index in [-0.39, 0.29) is 18.2 Å². The van der Waals surface area contributed by atoms with Gasteiger partial charge >= 0.3 is 0 Å². The van der Waals surface area contributed by atoms with Crippen LogP contribution in [0.25, 0.3) is 6.08 Å². The molecule has 0 aromatic heterocycles. The van der Waals surface area contributed by atoms with Crippen LogP contribution in [0.5, 0.6) is 5.75 Å². The van der Waals surface area contributed by atoms with Crippen molar-refractivity contribution in [1.82, 2.24) is 0 Å². The van der Waals surface area contributed by atoms with Crippen molar-refractivity contribution >= 4 is 51.0 Å². The molecule has 0 fully saturated rings. The van der Waals surface area contributed by atoms with Gasteiger partial charge in [0.2, 0.25) is 0 Å². The monoisotopic (exact) mass is 482 g/mol. The summed E-state index contributed by atoms with van der Waals surface area (Å²) in [5, 5.41) is 13.7. The van der Waals surface area contributed by atoms with Crippen LogP contribution in [0, 0.1) is 10.1 Å². The van der Waals surface area contributed by atoms with Gasteiger partial charge in [-0.2, -0.15) is 0 Å². The highest BCUT2D eigenvalue weighted by molar-refractivity contribution is 9.10. The van der Waals surface area contributed by atoms with Gasteiger partial charge in [-0.05, 0) is 54.1 Å². The van der Waals surface area contributed by atoms with E-state index in [1.54, 1.807) is 18.2 Å². The molecule has 0 saturated heterocycles. The number of anilines is 1. The van der Waals surface area contributed by atoms with Crippen LogP contribution in [0.2, 0.25) is 0 Å². The van der Waals surface area contributed by atoms with Crippen LogP contribution in [-0.2, 0) is 11.4 Å². The van der Waals surface area contributed by atoms with Crippen molar-refractivity contribution in [2.75, 3.05) is 5.32 Å². The number of hydrogen-bond acceptors (Lipinski definition) is 5. The Morgan fingerprint density at radius 2 is 1.87 bits per heavy atom. The van der Waals surface area contributed by atoms with E-state index in [2.05, 4.69) is 21.2 Å². The Balaban J connectivity index is 1.57. The van der Waals surface area contributed by atoms with Gasteiger partial charge in [-0.25, -0.2) is 0 Å². The van der Waals surface area contributed by atoms with Crippen LogP contribution < -0.4 is 10.1 Å². The lowest BCUT2D eigenvalue weighted by Crippen LogP contribution is -2.17. The minimum absolute atomic E-state index is 0.0356. The first kappa shape index (κ1) is 20.2. The molecule has 0 aliphatic carbocycles. The molecule has 0 radical (unpaired) electrons. The minimum Gasteiger partial charge on any atom is -0.488 e. The molecule has 0 unspecified atom stereocenters. The molecule has 1 aliphatic rings. The smallest absolute Gasteiger partial charge is 0.269 e. The third kappa shape index (κ3) is 4.55. The van der Waals surface area contributed by atoms with Gasteiger partial charge in [0, 0.05) is 27.1 Å². The second-order valence-electron chi connectivity index (χ2n) is 6.46. The van der Waals surface area contributed by atoms with Crippen LogP contribution in [0.1, 0.15) is 11.1 Å². The predicted octanol–water partition coefficient (Wildman–Crippen LogP) is 6.02. The molecule has 1 N–H and O–H groups in total. The molecule has 0 atom stereocenters. The third-order valence-electron chi connectivity index (χ3n) is 4.38. The highest BCUT2D eigenvalue weighted by Crippen LogP contribution is 2.39. The van der Waals surface area contributed by atoms with E-state index in [4.69, 9.17) is 4.74 Å². The molecule has 6 nitrogen and oxygen atoms in total. The van der Waals surface area contributed by atoms with Gasteiger partial charge in [-0.3, -0.25) is 14.9 Å². The number of fused-ring (bicyclic) bond motifs is 1. The summed E-state index contributed by atoms with van der Waals surface area (Å²) in [4.78, 5) is 24.4. The molecular weight excluding hydrogens is 468 g/mol. The number of rotatable bonds is 5. The number of benzene rings is 3. The number of para-hydroxylation sites is 1. The largest absolute Gasteiger partial charge is 0.488 e. The van der Waals surface area contributed by atoms with Crippen molar-refractivity contribution in [3.8, 4) is 5.75 Å². The molecule has 150 valence electrons. The number of thioether (sulfide) groups is 1. The highest BCUT2D eigenvalue weighted by Gasteiger charge is 2.21. The van der Waals surface area contributed by atoms with Gasteiger partial charge in [0.05, 0.1) is 15.5 Å². The Morgan fingerprint density at radius 1 is 1.10 bits per heavy atom. The number of non-ortho nitro benzene ring substituents is 1. The van der Waals surface area contributed by atoms with Crippen molar-refractivity contribution in [2.24, 2.45) is 0 Å². The Kier molecular flexibility index (Phi) is 5.87. The topological polar surface area (TPSA) is 81.5 Å². The van der Waals surface area contributed by atoms with Crippen molar-refractivity contribution in [3.05, 3.63) is 97.3 Å². The molecule has 0 saturated carbocycles. The predicted molar refractivity (Wildman–Crippen MR) is 120 cm³/mol. The Bertz CT molecular complexity index is 1160. The van der Waals surface area contributed by atoms with Gasteiger partial charge < -0.3 is 10.1 Å². The second-order valence-corrected chi connectivity index (χ2v) is 8.45. The average molecular weight is 483 g/mol. The fourth-order valence-corrected chi connectivity index (χ4v) is 4.20. The van der Waals surface area contributed by atoms with Crippen molar-refractivity contribution in [1.29, 1.82) is 0 Å². The summed E-state index contributed by atoms with van der Waals surface area (Å²) in [6, 6.07) is 19.4. The van der Waals surface area contributed by atoms with E-state index in [1.165, 1.54) is 23.9 Å². The van der Waals surface area contributed by atoms with Crippen molar-refractivity contribution < 1.29 is 14.5 Å². The summed E-state index contributed by atoms with van der Waals surface area (Å²) >= 11 is 4.87. The number of amides is 1. The lowest BCUT2D eigenvalue weighted by molar-refractivity contribution is -0.384. The second kappa shape index (κ2) is 8.73. The summed E-state index contributed by atoms with van der Waals surface area (Å²) in [5.74, 6) is 0.441. The fourth-order valence-electron chi connectivity index (χ4n) is 2.88. The lowest BCUT2D eigenvalue weighted by atomic mass is 10.1. The van der Waals surface area contributed by atoms with Gasteiger partial charge in [0.1, 0.15) is 12.4 Å². The first-order chi connectivity index (χ1) is 14.5. The molecule has 0 spiro atoms. The number of carbonyl (C=O) groups excluding carboxylic acids is 1. The standard InChI is InChI=1S/C22H15BrN2O4S/c23-16-7-10-19(29-13-14-5-8-17(9-6-14)25(27)28)15(11-16)12-21-22(26)24-18-3-1-2-4-20(18)30-21/h1-12H,13H2,(H,24,26)/b21-12-. The van der Waals surface area contributed by atoms with E-state index in [0.29, 0.717) is 10.7 Å². The van der Waals surface area contributed by atoms with Crippen LogP contribution in [0.3, 0.4) is 0 Å². The first-order valence-electron chi connectivity index (χ1n) is 8.95. The molecule has 0 bridgehead atoms. The number of ether oxygens (including phenoxy) is 1. The van der Waals surface area contributed by atoms with Crippen LogP contribution in [0.4, 0.5) is 11.4 Å². The van der Waals surface area contributed by atoms with E-state index in [1.807, 2.05) is 42.5 Å². The molecule has 1 amide bonds. The van der Waals surface area contributed by atoms with Gasteiger partial charge in [-0.1, -0.05) is 39.8 Å². The molecule has 8 heteroatoms. The normalized spacial score (nSPS) is 14.2. The zero-order valence-electron chi connectivity index (χ0n) is 15.5. The van der Waals surface area contributed by atoms with Crippen molar-refractivity contribution in [2.45, 2.75) is 11.5 Å². The van der Waals surface area contributed by atoms with Crippen LogP contribution in [-0.4, -0.2) is 10.8 Å². The Labute approximate surface area is 185 Å². The average Bonchev–Trinajstić information content (AvgIpc) is 2.74. The summed E-state index contributed by atoms with van der Waals surface area (Å²) < 4.78 is 6.81. The van der Waals surface area contributed by atoms with E-state index in [9.17, 15) is 14.9 Å². The summed E-state index contributed by atoms with van der Waals surface area (Å²) in [6.07, 6.45) is 1.80. The Hall–Kier alpha value is -3.10. The molecule has 4 rings (SSSR count). The number of hydrogen-bond donors (Lipinski definition) is 1. The molecule has 3 aromatic carbocycles. The zero-order chi connectivity index (χ0) is 21.1. The zero-order valence-corrected chi connectivity index (χ0v) is 17.9. The maximum Gasteiger partial charge on any atom is 0.269 e. The highest BCUT2D eigenvalue weighted by atomic mass is 79.9. The van der Waals surface area contributed by atoms with Gasteiger partial charge in [0.25, 0.3) is 11.6 Å². The van der Waals surface area contributed by atoms with E-state index in [0.717, 1.165) is 26.2 Å². The summed E-state index contributed by atoms with van der Waals surface area (Å²) in [7, 11) is 0. The summed E-state index contributed by atoms with van der Waals surface area (Å²) in [6.45, 7) is 0.248. The number of nitrogens with one attached hydrogen (secondary N) is 1. The quantitative estimate of drug-likeness (QED) is 0.273. The first-order valence-corrected chi connectivity index (χ1v) is 10.6. The number of carbonyl (C=O) groups is 1. The molecule has 30 heavy (non-hydrogen) atoms. The van der Waals surface area contributed by atoms with E-state index >= 15 is 0 Å². The van der Waals surface area contributed by atoms with Crippen LogP contribution in [0.15, 0.2) is 81.0 Å². The van der Waals surface area contributed by atoms with Gasteiger partial charge in [0.15, 0.2) is 0 Å². The fraction of sp³-hybridized carbons (Fsp3) is 0.0455. The lowest BCUT2D eigenvalue weighted by Gasteiger charge is -2.18. The van der Waals surface area contributed by atoms with Gasteiger partial charge in [-0.15, -0.1) is 0 Å². The number of nitro groups is 1. The third-order valence-corrected chi connectivity index (χ3v) is 5.97. The molecule has 1 heterocycles. The molecular formula is C22H15BrN2O4S. The SMILES string of the molecule is O=C1Nc2ccccc2S/C1=C\c1cc(Br)ccc1OCc1ccc([N+](=O)[O-])cc1. The van der Waals surface area contributed by atoms with E-state index < -0.39 is 4.92 Å². The number of nitrogens with zero attached hydrogens (tertiary/aromatic N) is 1. The minimum atomic E-state index is -0.436. The molecule has 3 aromatic rings. The maximum atomic E-state index is 12.5. The number of halogens is 1. The maximum absolute atomic E-state index is 12.5. The molecule has 1 aliphatic heterocycles. The summed E-state index contributed by atoms with van der Waals surface area (Å²) in [5.41, 5.74) is 2.39. The Morgan fingerprint density at radius 3 is 2.63 bits per heavy atom. The number of nitro benzene ring substituents is 1.